The highest BCUT2D eigenvalue weighted by Crippen LogP contribution is 2.30. The molecule has 1 aromatic heterocycles. The molecule has 2 rings (SSSR count). The van der Waals surface area contributed by atoms with Crippen LogP contribution >= 0.6 is 0 Å². The summed E-state index contributed by atoms with van der Waals surface area (Å²) >= 11 is 0. The molecule has 0 unspecified atom stereocenters. The Labute approximate surface area is 130 Å². The Morgan fingerprint density at radius 2 is 1.95 bits per heavy atom. The summed E-state index contributed by atoms with van der Waals surface area (Å²) in [7, 11) is 0. The Morgan fingerprint density at radius 3 is 2.50 bits per heavy atom. The molecule has 1 N–H and O–H groups in total. The number of carbonyl (C=O) groups is 2. The summed E-state index contributed by atoms with van der Waals surface area (Å²) in [5, 5.41) is 9.35. The van der Waals surface area contributed by atoms with Gasteiger partial charge >= 0.3 is 12.1 Å². The fourth-order valence-electron chi connectivity index (χ4n) is 2.64. The molecule has 1 fully saturated rings. The number of aromatic nitrogens is 1. The van der Waals surface area contributed by atoms with Gasteiger partial charge in [0.05, 0.1) is 0 Å². The van der Waals surface area contributed by atoms with Gasteiger partial charge < -0.3 is 9.84 Å². The fraction of sp³-hybridized carbons (Fsp3) is 0.562. The molecule has 0 atom stereocenters. The predicted octanol–water partition coefficient (Wildman–Crippen LogP) is 3.46. The van der Waals surface area contributed by atoms with E-state index >= 15 is 0 Å². The summed E-state index contributed by atoms with van der Waals surface area (Å²) in [6, 6.07) is 2.94. The van der Waals surface area contributed by atoms with Gasteiger partial charge in [-0.05, 0) is 45.7 Å². The molecule has 0 saturated heterocycles. The Balaban J connectivity index is 2.40. The average molecular weight is 306 g/mol. The zero-order chi connectivity index (χ0) is 16.3. The number of pyridine rings is 1. The molecule has 0 aliphatic heterocycles. The highest BCUT2D eigenvalue weighted by Gasteiger charge is 2.34. The number of carboxylic acid groups (broad SMARTS) is 1. The van der Waals surface area contributed by atoms with Gasteiger partial charge in [0.15, 0.2) is 5.82 Å². The molecular weight excluding hydrogens is 284 g/mol. The minimum absolute atomic E-state index is 0.0141. The summed E-state index contributed by atoms with van der Waals surface area (Å²) in [6.07, 6.45) is 4.64. The van der Waals surface area contributed by atoms with Crippen molar-refractivity contribution in [1.29, 1.82) is 0 Å². The van der Waals surface area contributed by atoms with E-state index in [1.807, 2.05) is 0 Å². The summed E-state index contributed by atoms with van der Waals surface area (Å²) in [4.78, 5) is 29.6. The smallest absolute Gasteiger partial charge is 0.416 e. The lowest BCUT2D eigenvalue weighted by molar-refractivity contribution is 0.0564. The molecular formula is C16H22N2O4. The molecule has 6 heteroatoms. The average Bonchev–Trinajstić information content (AvgIpc) is 2.91. The van der Waals surface area contributed by atoms with Crippen LogP contribution in [0, 0.1) is 0 Å². The molecule has 1 aliphatic rings. The van der Waals surface area contributed by atoms with Gasteiger partial charge in [-0.3, -0.25) is 4.90 Å². The maximum Gasteiger partial charge on any atom is 0.416 e. The molecule has 22 heavy (non-hydrogen) atoms. The number of carboxylic acids is 1. The number of carbonyl (C=O) groups excluding carboxylic acids is 1. The first kappa shape index (κ1) is 16.3. The van der Waals surface area contributed by atoms with E-state index < -0.39 is 17.7 Å². The molecule has 0 radical (unpaired) electrons. The topological polar surface area (TPSA) is 79.7 Å². The third-order valence-electron chi connectivity index (χ3n) is 3.53. The van der Waals surface area contributed by atoms with Gasteiger partial charge in [-0.25, -0.2) is 14.6 Å². The van der Waals surface area contributed by atoms with Crippen molar-refractivity contribution in [3.05, 3.63) is 23.9 Å². The molecule has 0 spiro atoms. The lowest BCUT2D eigenvalue weighted by atomic mass is 10.1. The summed E-state index contributed by atoms with van der Waals surface area (Å²) in [5.41, 5.74) is -0.633. The number of anilines is 1. The standard InChI is InChI=1S/C16H22N2O4/c1-16(2,3)22-15(21)18(11-7-4-5-8-11)13-12(14(19)20)9-6-10-17-13/h6,9-11H,4-5,7-8H2,1-3H3,(H,19,20). The van der Waals surface area contributed by atoms with E-state index in [9.17, 15) is 14.7 Å². The quantitative estimate of drug-likeness (QED) is 0.925. The van der Waals surface area contributed by atoms with Gasteiger partial charge in [-0.1, -0.05) is 12.8 Å². The molecule has 1 heterocycles. The largest absolute Gasteiger partial charge is 0.478 e. The summed E-state index contributed by atoms with van der Waals surface area (Å²) in [5.74, 6) is -0.939. The Bertz CT molecular complexity index is 560. The first-order chi connectivity index (χ1) is 10.3. The van der Waals surface area contributed by atoms with Crippen LogP contribution in [0.1, 0.15) is 56.8 Å². The second-order valence-electron chi connectivity index (χ2n) is 6.47. The van der Waals surface area contributed by atoms with Gasteiger partial charge in [0, 0.05) is 12.2 Å². The number of ether oxygens (including phenoxy) is 1. The van der Waals surface area contributed by atoms with Crippen molar-refractivity contribution in [3.8, 4) is 0 Å². The van der Waals surface area contributed by atoms with E-state index in [2.05, 4.69) is 4.98 Å². The first-order valence-corrected chi connectivity index (χ1v) is 7.50. The van der Waals surface area contributed by atoms with Crippen LogP contribution in [0.5, 0.6) is 0 Å². The number of hydrogen-bond donors (Lipinski definition) is 1. The molecule has 0 aromatic carbocycles. The van der Waals surface area contributed by atoms with Crippen molar-refractivity contribution >= 4 is 17.9 Å². The Hall–Kier alpha value is -2.11. The van der Waals surface area contributed by atoms with Crippen molar-refractivity contribution in [1.82, 2.24) is 4.98 Å². The van der Waals surface area contributed by atoms with Crippen LogP contribution in [0.3, 0.4) is 0 Å². The van der Waals surface area contributed by atoms with Crippen molar-refractivity contribution in [2.75, 3.05) is 4.90 Å². The minimum Gasteiger partial charge on any atom is -0.478 e. The van der Waals surface area contributed by atoms with Crippen molar-refractivity contribution in [2.24, 2.45) is 0 Å². The van der Waals surface area contributed by atoms with Crippen LogP contribution in [0.15, 0.2) is 18.3 Å². The lowest BCUT2D eigenvalue weighted by Crippen LogP contribution is -2.43. The van der Waals surface area contributed by atoms with Gasteiger partial charge in [0.1, 0.15) is 11.2 Å². The molecule has 0 bridgehead atoms. The van der Waals surface area contributed by atoms with E-state index in [-0.39, 0.29) is 17.4 Å². The SMILES string of the molecule is CC(C)(C)OC(=O)N(c1ncccc1C(=O)O)C1CCCC1. The van der Waals surface area contributed by atoms with Crippen LogP contribution in [-0.4, -0.2) is 33.8 Å². The third-order valence-corrected chi connectivity index (χ3v) is 3.53. The molecule has 1 aromatic rings. The summed E-state index contributed by atoms with van der Waals surface area (Å²) in [6.45, 7) is 5.36. The molecule has 1 saturated carbocycles. The number of aromatic carboxylic acids is 1. The highest BCUT2D eigenvalue weighted by molar-refractivity contribution is 5.98. The van der Waals surface area contributed by atoms with E-state index in [1.165, 1.54) is 17.2 Å². The number of hydrogen-bond acceptors (Lipinski definition) is 4. The predicted molar refractivity (Wildman–Crippen MR) is 82.2 cm³/mol. The normalized spacial score (nSPS) is 15.6. The van der Waals surface area contributed by atoms with Crippen LogP contribution < -0.4 is 4.90 Å². The fourth-order valence-corrected chi connectivity index (χ4v) is 2.64. The molecule has 1 amide bonds. The second kappa shape index (κ2) is 6.34. The minimum atomic E-state index is -1.10. The lowest BCUT2D eigenvalue weighted by Gasteiger charge is -2.31. The molecule has 1 aliphatic carbocycles. The monoisotopic (exact) mass is 306 g/mol. The van der Waals surface area contributed by atoms with Crippen LogP contribution in [-0.2, 0) is 4.74 Å². The van der Waals surface area contributed by atoms with Gasteiger partial charge in [0.25, 0.3) is 0 Å². The number of rotatable bonds is 3. The zero-order valence-corrected chi connectivity index (χ0v) is 13.2. The van der Waals surface area contributed by atoms with E-state index in [1.54, 1.807) is 26.8 Å². The second-order valence-corrected chi connectivity index (χ2v) is 6.47. The Kier molecular flexibility index (Phi) is 4.68. The van der Waals surface area contributed by atoms with E-state index in [0.29, 0.717) is 0 Å². The van der Waals surface area contributed by atoms with Crippen LogP contribution in [0.2, 0.25) is 0 Å². The van der Waals surface area contributed by atoms with E-state index in [0.717, 1.165) is 25.7 Å². The third kappa shape index (κ3) is 3.75. The molecule has 120 valence electrons. The Morgan fingerprint density at radius 1 is 1.32 bits per heavy atom. The maximum atomic E-state index is 12.6. The van der Waals surface area contributed by atoms with Crippen molar-refractivity contribution < 1.29 is 19.4 Å². The van der Waals surface area contributed by atoms with Gasteiger partial charge in [-0.2, -0.15) is 0 Å². The number of nitrogens with zero attached hydrogens (tertiary/aromatic N) is 2. The summed E-state index contributed by atoms with van der Waals surface area (Å²) < 4.78 is 5.46. The maximum absolute atomic E-state index is 12.6. The van der Waals surface area contributed by atoms with Gasteiger partial charge in [0.2, 0.25) is 0 Å². The van der Waals surface area contributed by atoms with Crippen LogP contribution in [0.4, 0.5) is 10.6 Å². The number of amides is 1. The van der Waals surface area contributed by atoms with Gasteiger partial charge in [-0.15, -0.1) is 0 Å². The zero-order valence-electron chi connectivity index (χ0n) is 13.2. The molecule has 6 nitrogen and oxygen atoms in total. The van der Waals surface area contributed by atoms with Crippen molar-refractivity contribution in [3.63, 3.8) is 0 Å². The van der Waals surface area contributed by atoms with Crippen LogP contribution in [0.25, 0.3) is 0 Å². The van der Waals surface area contributed by atoms with E-state index in [4.69, 9.17) is 4.74 Å². The highest BCUT2D eigenvalue weighted by atomic mass is 16.6. The first-order valence-electron chi connectivity index (χ1n) is 7.50. The van der Waals surface area contributed by atoms with Crippen molar-refractivity contribution in [2.45, 2.75) is 58.1 Å².